The minimum atomic E-state index is 0.777. The summed E-state index contributed by atoms with van der Waals surface area (Å²) in [5.41, 5.74) is 0. The third kappa shape index (κ3) is 4.75. The minimum absolute atomic E-state index is 0.777. The summed E-state index contributed by atoms with van der Waals surface area (Å²) in [7, 11) is 0. The highest BCUT2D eigenvalue weighted by Gasteiger charge is 2.27. The zero-order chi connectivity index (χ0) is 13.5. The quantitative estimate of drug-likeness (QED) is 0.754. The lowest BCUT2D eigenvalue weighted by atomic mass is 9.83. The van der Waals surface area contributed by atoms with E-state index in [1.54, 1.807) is 0 Å². The summed E-state index contributed by atoms with van der Waals surface area (Å²) in [5.74, 6) is 0.999. The van der Waals surface area contributed by atoms with Crippen molar-refractivity contribution in [2.24, 2.45) is 5.92 Å². The van der Waals surface area contributed by atoms with Crippen LogP contribution in [0.3, 0.4) is 0 Å². The maximum atomic E-state index is 3.69. The third-order valence-electron chi connectivity index (χ3n) is 5.27. The molecule has 2 heteroatoms. The minimum Gasteiger partial charge on any atom is -0.313 e. The van der Waals surface area contributed by atoms with Gasteiger partial charge in [0.2, 0.25) is 0 Å². The van der Waals surface area contributed by atoms with Gasteiger partial charge in [-0.25, -0.2) is 0 Å². The molecule has 2 nitrogen and oxygen atoms in total. The van der Waals surface area contributed by atoms with Gasteiger partial charge in [-0.2, -0.15) is 0 Å². The van der Waals surface area contributed by atoms with Crippen molar-refractivity contribution in [1.82, 2.24) is 10.2 Å². The van der Waals surface area contributed by atoms with Gasteiger partial charge in [-0.15, -0.1) is 0 Å². The molecule has 19 heavy (non-hydrogen) atoms. The van der Waals surface area contributed by atoms with Gasteiger partial charge < -0.3 is 5.32 Å². The van der Waals surface area contributed by atoms with E-state index in [-0.39, 0.29) is 0 Å². The van der Waals surface area contributed by atoms with E-state index in [1.165, 1.54) is 77.4 Å². The van der Waals surface area contributed by atoms with Gasteiger partial charge >= 0.3 is 0 Å². The predicted octanol–water partition coefficient (Wildman–Crippen LogP) is 3.81. The second-order valence-electron chi connectivity index (χ2n) is 6.74. The van der Waals surface area contributed by atoms with E-state index >= 15 is 0 Å². The molecular weight excluding hydrogens is 232 g/mol. The standard InChI is InChI=1S/C17H34N2/c1-3-5-12-19(14-16-9-7-11-18-16)17-10-6-8-15(4-2)13-17/h15-18H,3-14H2,1-2H3. The summed E-state index contributed by atoms with van der Waals surface area (Å²) >= 11 is 0. The zero-order valence-electron chi connectivity index (χ0n) is 13.2. The largest absolute Gasteiger partial charge is 0.313 e. The van der Waals surface area contributed by atoms with Crippen LogP contribution in [0, 0.1) is 5.92 Å². The van der Waals surface area contributed by atoms with Gasteiger partial charge in [0.1, 0.15) is 0 Å². The second kappa shape index (κ2) is 8.26. The topological polar surface area (TPSA) is 15.3 Å². The summed E-state index contributed by atoms with van der Waals surface area (Å²) in [5, 5.41) is 3.69. The molecule has 0 aromatic heterocycles. The molecule has 0 radical (unpaired) electrons. The van der Waals surface area contributed by atoms with Crippen molar-refractivity contribution < 1.29 is 0 Å². The normalized spacial score (nSPS) is 32.1. The molecule has 2 aliphatic rings. The van der Waals surface area contributed by atoms with E-state index in [2.05, 4.69) is 24.1 Å². The van der Waals surface area contributed by atoms with Gasteiger partial charge in [-0.1, -0.05) is 39.5 Å². The Bertz CT molecular complexity index is 235. The van der Waals surface area contributed by atoms with Crippen molar-refractivity contribution in [2.75, 3.05) is 19.6 Å². The van der Waals surface area contributed by atoms with E-state index in [4.69, 9.17) is 0 Å². The average Bonchev–Trinajstić information content (AvgIpc) is 2.96. The van der Waals surface area contributed by atoms with Crippen LogP contribution in [0.15, 0.2) is 0 Å². The Labute approximate surface area is 120 Å². The smallest absolute Gasteiger partial charge is 0.0195 e. The Morgan fingerprint density at radius 2 is 2.00 bits per heavy atom. The molecular formula is C17H34N2. The Kier molecular flexibility index (Phi) is 6.66. The zero-order valence-corrected chi connectivity index (χ0v) is 13.2. The van der Waals surface area contributed by atoms with Gasteiger partial charge in [0.05, 0.1) is 0 Å². The van der Waals surface area contributed by atoms with Gasteiger partial charge in [-0.3, -0.25) is 4.90 Å². The Balaban J connectivity index is 1.87. The number of hydrogen-bond acceptors (Lipinski definition) is 2. The molecule has 2 fully saturated rings. The van der Waals surface area contributed by atoms with E-state index in [0.717, 1.165) is 18.0 Å². The van der Waals surface area contributed by atoms with Crippen molar-refractivity contribution in [3.63, 3.8) is 0 Å². The molecule has 112 valence electrons. The molecule has 0 aromatic rings. The number of hydrogen-bond donors (Lipinski definition) is 1. The summed E-state index contributed by atoms with van der Waals surface area (Å²) < 4.78 is 0. The average molecular weight is 266 g/mol. The number of nitrogens with one attached hydrogen (secondary N) is 1. The number of unbranched alkanes of at least 4 members (excludes halogenated alkanes) is 1. The molecule has 0 amide bonds. The lowest BCUT2D eigenvalue weighted by molar-refractivity contribution is 0.117. The van der Waals surface area contributed by atoms with Gasteiger partial charge in [0, 0.05) is 18.6 Å². The highest BCUT2D eigenvalue weighted by atomic mass is 15.2. The van der Waals surface area contributed by atoms with Crippen LogP contribution < -0.4 is 5.32 Å². The van der Waals surface area contributed by atoms with Gasteiger partial charge in [-0.05, 0) is 51.1 Å². The molecule has 0 aromatic carbocycles. The van der Waals surface area contributed by atoms with E-state index in [9.17, 15) is 0 Å². The van der Waals surface area contributed by atoms with Crippen LogP contribution in [0.1, 0.15) is 71.6 Å². The molecule has 3 unspecified atom stereocenters. The van der Waals surface area contributed by atoms with E-state index < -0.39 is 0 Å². The monoisotopic (exact) mass is 266 g/mol. The maximum Gasteiger partial charge on any atom is 0.0195 e. The van der Waals surface area contributed by atoms with Crippen LogP contribution in [0.25, 0.3) is 0 Å². The summed E-state index contributed by atoms with van der Waals surface area (Å²) in [4.78, 5) is 2.84. The summed E-state index contributed by atoms with van der Waals surface area (Å²) in [6.07, 6.45) is 12.7. The van der Waals surface area contributed by atoms with Crippen LogP contribution in [0.4, 0.5) is 0 Å². The Morgan fingerprint density at radius 3 is 2.68 bits per heavy atom. The Morgan fingerprint density at radius 1 is 1.11 bits per heavy atom. The first-order valence-corrected chi connectivity index (χ1v) is 8.80. The van der Waals surface area contributed by atoms with E-state index in [0.29, 0.717) is 0 Å². The first-order chi connectivity index (χ1) is 9.33. The van der Waals surface area contributed by atoms with Crippen molar-refractivity contribution in [3.8, 4) is 0 Å². The molecule has 1 saturated heterocycles. The molecule has 1 aliphatic heterocycles. The van der Waals surface area contributed by atoms with Crippen molar-refractivity contribution >= 4 is 0 Å². The highest BCUT2D eigenvalue weighted by Crippen LogP contribution is 2.30. The molecule has 1 heterocycles. The lowest BCUT2D eigenvalue weighted by Gasteiger charge is -2.38. The Hall–Kier alpha value is -0.0800. The molecule has 0 spiro atoms. The first kappa shape index (κ1) is 15.3. The maximum absolute atomic E-state index is 3.69. The van der Waals surface area contributed by atoms with E-state index in [1.807, 2.05) is 0 Å². The molecule has 1 saturated carbocycles. The van der Waals surface area contributed by atoms with Crippen LogP contribution in [-0.4, -0.2) is 36.6 Å². The fourth-order valence-electron chi connectivity index (χ4n) is 3.94. The predicted molar refractivity (Wildman–Crippen MR) is 83.5 cm³/mol. The van der Waals surface area contributed by atoms with Crippen molar-refractivity contribution in [1.29, 1.82) is 0 Å². The molecule has 2 rings (SSSR count). The van der Waals surface area contributed by atoms with Crippen LogP contribution in [0.5, 0.6) is 0 Å². The van der Waals surface area contributed by atoms with Crippen LogP contribution in [0.2, 0.25) is 0 Å². The fraction of sp³-hybridized carbons (Fsp3) is 1.00. The molecule has 1 aliphatic carbocycles. The SMILES string of the molecule is CCCCN(CC1CCCN1)C1CCCC(CC)C1. The lowest BCUT2D eigenvalue weighted by Crippen LogP contribution is -2.45. The van der Waals surface area contributed by atoms with Crippen LogP contribution >= 0.6 is 0 Å². The molecule has 1 N–H and O–H groups in total. The second-order valence-corrected chi connectivity index (χ2v) is 6.74. The van der Waals surface area contributed by atoms with Crippen molar-refractivity contribution in [3.05, 3.63) is 0 Å². The first-order valence-electron chi connectivity index (χ1n) is 8.80. The highest BCUT2D eigenvalue weighted by molar-refractivity contribution is 4.84. The number of nitrogens with zero attached hydrogens (tertiary/aromatic N) is 1. The molecule has 0 bridgehead atoms. The van der Waals surface area contributed by atoms with Crippen LogP contribution in [-0.2, 0) is 0 Å². The van der Waals surface area contributed by atoms with Gasteiger partial charge in [0.15, 0.2) is 0 Å². The molecule has 3 atom stereocenters. The van der Waals surface area contributed by atoms with Crippen molar-refractivity contribution in [2.45, 2.75) is 83.7 Å². The summed E-state index contributed by atoms with van der Waals surface area (Å²) in [6, 6.07) is 1.66. The fourth-order valence-corrected chi connectivity index (χ4v) is 3.94. The third-order valence-corrected chi connectivity index (χ3v) is 5.27. The van der Waals surface area contributed by atoms with Gasteiger partial charge in [0.25, 0.3) is 0 Å². The summed E-state index contributed by atoms with van der Waals surface area (Å²) in [6.45, 7) is 8.58. The number of rotatable bonds is 7.